The Labute approximate surface area is 133 Å². The summed E-state index contributed by atoms with van der Waals surface area (Å²) in [5.41, 5.74) is 13.4. The predicted octanol–water partition coefficient (Wildman–Crippen LogP) is 2.91. The molecule has 0 radical (unpaired) electrons. The molecule has 1 aliphatic heterocycles. The predicted molar refractivity (Wildman–Crippen MR) is 88.7 cm³/mol. The van der Waals surface area contributed by atoms with Crippen LogP contribution in [0.2, 0.25) is 0 Å². The van der Waals surface area contributed by atoms with Crippen LogP contribution in [0.15, 0.2) is 36.4 Å². The molecule has 0 saturated heterocycles. The van der Waals surface area contributed by atoms with Crippen molar-refractivity contribution in [2.45, 2.75) is 12.8 Å². The van der Waals surface area contributed by atoms with Gasteiger partial charge in [-0.3, -0.25) is 0 Å². The minimum Gasteiger partial charge on any atom is -0.492 e. The van der Waals surface area contributed by atoms with Gasteiger partial charge >= 0.3 is 0 Å². The van der Waals surface area contributed by atoms with Gasteiger partial charge in [0, 0.05) is 11.6 Å². The molecule has 0 saturated carbocycles. The van der Waals surface area contributed by atoms with E-state index in [1.807, 2.05) is 36.4 Å². The van der Waals surface area contributed by atoms with E-state index in [0.717, 1.165) is 29.9 Å². The number of nitrogen functional groups attached to an aromatic ring is 2. The molecule has 0 unspecified atom stereocenters. The third kappa shape index (κ3) is 2.38. The highest BCUT2D eigenvalue weighted by molar-refractivity contribution is 5.97. The number of hydrogen-bond donors (Lipinski definition) is 2. The molecule has 0 spiro atoms. The quantitative estimate of drug-likeness (QED) is 0.755. The fourth-order valence-corrected chi connectivity index (χ4v) is 2.85. The fraction of sp³-hybridized carbons (Fsp3) is 0.176. The van der Waals surface area contributed by atoms with Crippen molar-refractivity contribution in [3.63, 3.8) is 0 Å². The monoisotopic (exact) mass is 308 g/mol. The van der Waals surface area contributed by atoms with Crippen LogP contribution >= 0.6 is 0 Å². The molecule has 3 aromatic rings. The molecule has 2 aromatic carbocycles. The molecule has 0 aliphatic carbocycles. The molecule has 6 nitrogen and oxygen atoms in total. The van der Waals surface area contributed by atoms with Crippen LogP contribution in [0.4, 0.5) is 11.8 Å². The second-order valence-corrected chi connectivity index (χ2v) is 5.41. The summed E-state index contributed by atoms with van der Waals surface area (Å²) in [6, 6.07) is 11.5. The Bertz CT molecular complexity index is 881. The smallest absolute Gasteiger partial charge is 0.222 e. The number of fused-ring (bicyclic) bond motifs is 3. The van der Waals surface area contributed by atoms with Gasteiger partial charge in [0.15, 0.2) is 0 Å². The lowest BCUT2D eigenvalue weighted by Crippen LogP contribution is -2.12. The first-order valence-electron chi connectivity index (χ1n) is 7.46. The third-order valence-corrected chi connectivity index (χ3v) is 3.84. The lowest BCUT2D eigenvalue weighted by Gasteiger charge is -2.22. The molecule has 6 heteroatoms. The van der Waals surface area contributed by atoms with E-state index in [1.165, 1.54) is 0 Å². The zero-order valence-electron chi connectivity index (χ0n) is 12.5. The third-order valence-electron chi connectivity index (χ3n) is 3.84. The van der Waals surface area contributed by atoms with Crippen molar-refractivity contribution >= 4 is 22.7 Å². The van der Waals surface area contributed by atoms with Gasteiger partial charge in [0.25, 0.3) is 0 Å². The Kier molecular flexibility index (Phi) is 3.15. The van der Waals surface area contributed by atoms with Crippen LogP contribution in [0.5, 0.6) is 17.2 Å². The van der Waals surface area contributed by atoms with Gasteiger partial charge in [0.2, 0.25) is 5.95 Å². The average molecular weight is 308 g/mol. The SMILES string of the molecule is Nc1nc(N)c2c3c(c(Oc4ccccc4)cc2n1)CCCO3. The highest BCUT2D eigenvalue weighted by atomic mass is 16.5. The van der Waals surface area contributed by atoms with Crippen molar-refractivity contribution in [2.24, 2.45) is 0 Å². The molecule has 0 bridgehead atoms. The van der Waals surface area contributed by atoms with Crippen molar-refractivity contribution in [2.75, 3.05) is 18.1 Å². The summed E-state index contributed by atoms with van der Waals surface area (Å²) in [6.07, 6.45) is 1.79. The molecule has 0 amide bonds. The van der Waals surface area contributed by atoms with Crippen LogP contribution in [0.25, 0.3) is 10.9 Å². The van der Waals surface area contributed by atoms with Crippen molar-refractivity contribution in [3.05, 3.63) is 42.0 Å². The van der Waals surface area contributed by atoms with Gasteiger partial charge in [0.1, 0.15) is 23.1 Å². The summed E-state index contributed by atoms with van der Waals surface area (Å²) in [4.78, 5) is 8.32. The number of nitrogens with two attached hydrogens (primary N) is 2. The summed E-state index contributed by atoms with van der Waals surface area (Å²) >= 11 is 0. The average Bonchev–Trinajstić information content (AvgIpc) is 2.55. The van der Waals surface area contributed by atoms with E-state index < -0.39 is 0 Å². The zero-order valence-corrected chi connectivity index (χ0v) is 12.5. The van der Waals surface area contributed by atoms with Crippen LogP contribution in [-0.4, -0.2) is 16.6 Å². The Morgan fingerprint density at radius 1 is 1.09 bits per heavy atom. The van der Waals surface area contributed by atoms with Crippen LogP contribution in [0.1, 0.15) is 12.0 Å². The number of nitrogens with zero attached hydrogens (tertiary/aromatic N) is 2. The highest BCUT2D eigenvalue weighted by Gasteiger charge is 2.22. The number of ether oxygens (including phenoxy) is 2. The standard InChI is InChI=1S/C17H16N4O2/c18-16-14-12(20-17(19)21-16)9-13(11-7-4-8-22-15(11)14)23-10-5-2-1-3-6-10/h1-3,5-6,9H,4,7-8H2,(H4,18,19,20,21). The van der Waals surface area contributed by atoms with Gasteiger partial charge in [-0.25, -0.2) is 4.98 Å². The minimum atomic E-state index is 0.136. The first-order valence-corrected chi connectivity index (χ1v) is 7.46. The normalized spacial score (nSPS) is 13.4. The number of rotatable bonds is 2. The van der Waals surface area contributed by atoms with E-state index in [1.54, 1.807) is 0 Å². The fourth-order valence-electron chi connectivity index (χ4n) is 2.85. The number of aromatic nitrogens is 2. The van der Waals surface area contributed by atoms with Gasteiger partial charge < -0.3 is 20.9 Å². The molecule has 0 fully saturated rings. The second kappa shape index (κ2) is 5.31. The van der Waals surface area contributed by atoms with Gasteiger partial charge in [-0.15, -0.1) is 0 Å². The minimum absolute atomic E-state index is 0.136. The number of hydrogen-bond acceptors (Lipinski definition) is 6. The number of anilines is 2. The largest absolute Gasteiger partial charge is 0.492 e. The molecule has 4 rings (SSSR count). The molecule has 2 heterocycles. The van der Waals surface area contributed by atoms with E-state index in [2.05, 4.69) is 9.97 Å². The molecule has 116 valence electrons. The first-order chi connectivity index (χ1) is 11.2. The topological polar surface area (TPSA) is 96.3 Å². The Balaban J connectivity index is 1.93. The first kappa shape index (κ1) is 13.6. The van der Waals surface area contributed by atoms with Crippen LogP contribution in [-0.2, 0) is 6.42 Å². The van der Waals surface area contributed by atoms with Crippen molar-refractivity contribution in [3.8, 4) is 17.2 Å². The maximum absolute atomic E-state index is 6.04. The lowest BCUT2D eigenvalue weighted by molar-refractivity contribution is 0.288. The number of para-hydroxylation sites is 1. The molecule has 4 N–H and O–H groups in total. The summed E-state index contributed by atoms with van der Waals surface area (Å²) in [7, 11) is 0. The molecular weight excluding hydrogens is 292 g/mol. The van der Waals surface area contributed by atoms with Crippen LogP contribution in [0.3, 0.4) is 0 Å². The summed E-state index contributed by atoms with van der Waals surface area (Å²) in [5, 5.41) is 0.703. The molecule has 1 aromatic heterocycles. The van der Waals surface area contributed by atoms with E-state index >= 15 is 0 Å². The Morgan fingerprint density at radius 2 is 1.91 bits per heavy atom. The van der Waals surface area contributed by atoms with Crippen molar-refractivity contribution in [1.29, 1.82) is 0 Å². The molecule has 23 heavy (non-hydrogen) atoms. The maximum atomic E-state index is 6.04. The van der Waals surface area contributed by atoms with Crippen molar-refractivity contribution < 1.29 is 9.47 Å². The van der Waals surface area contributed by atoms with Crippen LogP contribution < -0.4 is 20.9 Å². The van der Waals surface area contributed by atoms with Crippen molar-refractivity contribution in [1.82, 2.24) is 9.97 Å². The summed E-state index contributed by atoms with van der Waals surface area (Å²) in [6.45, 7) is 0.640. The zero-order chi connectivity index (χ0) is 15.8. The Hall–Kier alpha value is -3.02. The van der Waals surface area contributed by atoms with E-state index in [0.29, 0.717) is 29.1 Å². The second-order valence-electron chi connectivity index (χ2n) is 5.41. The summed E-state index contributed by atoms with van der Waals surface area (Å²) in [5.74, 6) is 2.65. The summed E-state index contributed by atoms with van der Waals surface area (Å²) < 4.78 is 11.9. The van der Waals surface area contributed by atoms with Gasteiger partial charge in [-0.1, -0.05) is 18.2 Å². The van der Waals surface area contributed by atoms with Crippen LogP contribution in [0, 0.1) is 0 Å². The van der Waals surface area contributed by atoms with Gasteiger partial charge in [-0.2, -0.15) is 4.98 Å². The maximum Gasteiger partial charge on any atom is 0.222 e. The van der Waals surface area contributed by atoms with Gasteiger partial charge in [-0.05, 0) is 25.0 Å². The molecular formula is C17H16N4O2. The van der Waals surface area contributed by atoms with E-state index in [9.17, 15) is 0 Å². The van der Waals surface area contributed by atoms with E-state index in [-0.39, 0.29) is 5.95 Å². The lowest BCUT2D eigenvalue weighted by atomic mass is 10.0. The number of benzene rings is 2. The van der Waals surface area contributed by atoms with Gasteiger partial charge in [0.05, 0.1) is 17.5 Å². The van der Waals surface area contributed by atoms with E-state index in [4.69, 9.17) is 20.9 Å². The molecule has 1 aliphatic rings. The molecule has 0 atom stereocenters. The highest BCUT2D eigenvalue weighted by Crippen LogP contribution is 2.42. The Morgan fingerprint density at radius 3 is 2.74 bits per heavy atom.